The van der Waals surface area contributed by atoms with Crippen LogP contribution in [0, 0.1) is 0 Å². The van der Waals surface area contributed by atoms with Gasteiger partial charge < -0.3 is 16.0 Å². The Labute approximate surface area is 106 Å². The fourth-order valence-electron chi connectivity index (χ4n) is 1.95. The van der Waals surface area contributed by atoms with E-state index in [4.69, 9.17) is 5.73 Å². The molecule has 1 aromatic carbocycles. The molecule has 2 rings (SSSR count). The number of hydrogen-bond donors (Lipinski definition) is 2. The molecule has 1 aliphatic rings. The molecule has 1 aromatic rings. The molecule has 0 spiro atoms. The van der Waals surface area contributed by atoms with Gasteiger partial charge in [-0.25, -0.2) is 0 Å². The lowest BCUT2D eigenvalue weighted by Crippen LogP contribution is -2.37. The van der Waals surface area contributed by atoms with Gasteiger partial charge in [0.2, 0.25) is 5.91 Å². The van der Waals surface area contributed by atoms with Crippen molar-refractivity contribution in [3.8, 4) is 0 Å². The number of nitrogens with two attached hydrogens (primary N) is 1. The van der Waals surface area contributed by atoms with Crippen molar-refractivity contribution in [3.05, 3.63) is 35.4 Å². The summed E-state index contributed by atoms with van der Waals surface area (Å²) < 4.78 is 0. The van der Waals surface area contributed by atoms with Crippen LogP contribution in [0.25, 0.3) is 0 Å². The predicted molar refractivity (Wildman–Crippen MR) is 67.9 cm³/mol. The van der Waals surface area contributed by atoms with Crippen molar-refractivity contribution in [2.45, 2.75) is 13.0 Å². The molecule has 0 saturated carbocycles. The summed E-state index contributed by atoms with van der Waals surface area (Å²) in [5, 5.41) is 2.75. The first-order valence-corrected chi connectivity index (χ1v) is 6.05. The van der Waals surface area contributed by atoms with Crippen molar-refractivity contribution in [2.24, 2.45) is 5.73 Å². The number of rotatable bonds is 2. The van der Waals surface area contributed by atoms with E-state index in [9.17, 15) is 9.59 Å². The summed E-state index contributed by atoms with van der Waals surface area (Å²) in [5.41, 5.74) is 7.09. The maximum Gasteiger partial charge on any atom is 0.254 e. The quantitative estimate of drug-likeness (QED) is 0.778. The molecule has 0 bridgehead atoms. The average molecular weight is 247 g/mol. The fourth-order valence-corrected chi connectivity index (χ4v) is 1.95. The van der Waals surface area contributed by atoms with E-state index in [1.165, 1.54) is 0 Å². The first-order chi connectivity index (χ1) is 8.70. The van der Waals surface area contributed by atoms with Crippen molar-refractivity contribution in [3.63, 3.8) is 0 Å². The summed E-state index contributed by atoms with van der Waals surface area (Å²) in [6.07, 6.45) is 0.790. The molecule has 96 valence electrons. The van der Waals surface area contributed by atoms with Crippen LogP contribution >= 0.6 is 0 Å². The summed E-state index contributed by atoms with van der Waals surface area (Å²) in [7, 11) is 0. The van der Waals surface area contributed by atoms with Crippen molar-refractivity contribution in [2.75, 3.05) is 19.6 Å². The minimum atomic E-state index is -0.101. The van der Waals surface area contributed by atoms with Crippen LogP contribution in [0.1, 0.15) is 22.3 Å². The maximum atomic E-state index is 12.2. The zero-order valence-electron chi connectivity index (χ0n) is 10.2. The van der Waals surface area contributed by atoms with Gasteiger partial charge in [0.15, 0.2) is 0 Å². The molecule has 0 aromatic heterocycles. The Hall–Kier alpha value is -1.88. The Balaban J connectivity index is 2.11. The second-order valence-electron chi connectivity index (χ2n) is 4.33. The lowest BCUT2D eigenvalue weighted by molar-refractivity contribution is -0.121. The van der Waals surface area contributed by atoms with E-state index in [2.05, 4.69) is 5.32 Å². The number of nitrogens with zero attached hydrogens (tertiary/aromatic N) is 1. The molecule has 5 nitrogen and oxygen atoms in total. The zero-order valence-corrected chi connectivity index (χ0v) is 10.2. The Morgan fingerprint density at radius 2 is 2.06 bits per heavy atom. The monoisotopic (exact) mass is 247 g/mol. The van der Waals surface area contributed by atoms with E-state index in [-0.39, 0.29) is 18.4 Å². The normalized spacial score (nSPS) is 16.1. The zero-order chi connectivity index (χ0) is 13.0. The molecule has 18 heavy (non-hydrogen) atoms. The molecule has 1 fully saturated rings. The molecule has 5 heteroatoms. The molecule has 2 amide bonds. The highest BCUT2D eigenvalue weighted by Crippen LogP contribution is 2.09. The number of nitrogens with one attached hydrogen (secondary N) is 1. The highest BCUT2D eigenvalue weighted by atomic mass is 16.2. The Kier molecular flexibility index (Phi) is 3.94. The molecule has 0 aliphatic carbocycles. The number of benzene rings is 1. The van der Waals surface area contributed by atoms with Crippen LogP contribution < -0.4 is 11.1 Å². The third kappa shape index (κ3) is 2.87. The summed E-state index contributed by atoms with van der Waals surface area (Å²) >= 11 is 0. The molecule has 0 unspecified atom stereocenters. The van der Waals surface area contributed by atoms with Crippen LogP contribution in [0.3, 0.4) is 0 Å². The van der Waals surface area contributed by atoms with E-state index in [0.29, 0.717) is 25.2 Å². The van der Waals surface area contributed by atoms with Gasteiger partial charge in [0.25, 0.3) is 5.91 Å². The molecule has 3 N–H and O–H groups in total. The van der Waals surface area contributed by atoms with Gasteiger partial charge in [0, 0.05) is 25.2 Å². The topological polar surface area (TPSA) is 75.4 Å². The second-order valence-corrected chi connectivity index (χ2v) is 4.33. The van der Waals surface area contributed by atoms with Gasteiger partial charge in [-0.3, -0.25) is 9.59 Å². The van der Waals surface area contributed by atoms with Gasteiger partial charge in [0.1, 0.15) is 0 Å². The van der Waals surface area contributed by atoms with E-state index in [1.807, 2.05) is 12.1 Å². The van der Waals surface area contributed by atoms with Gasteiger partial charge in [0.05, 0.1) is 6.54 Å². The van der Waals surface area contributed by atoms with E-state index < -0.39 is 0 Å². The van der Waals surface area contributed by atoms with Crippen LogP contribution in [-0.4, -0.2) is 36.3 Å². The second kappa shape index (κ2) is 5.64. The number of carbonyl (C=O) groups is 2. The summed E-state index contributed by atoms with van der Waals surface area (Å²) in [6, 6.07) is 7.19. The molecule has 0 atom stereocenters. The predicted octanol–water partition coefficient (Wildman–Crippen LogP) is 0.107. The third-order valence-electron chi connectivity index (χ3n) is 2.99. The van der Waals surface area contributed by atoms with Crippen LogP contribution in [-0.2, 0) is 11.3 Å². The molecular formula is C13H17N3O2. The van der Waals surface area contributed by atoms with E-state index in [0.717, 1.165) is 12.0 Å². The van der Waals surface area contributed by atoms with Gasteiger partial charge in [-0.05, 0) is 24.1 Å². The summed E-state index contributed by atoms with van der Waals surface area (Å²) in [4.78, 5) is 25.2. The smallest absolute Gasteiger partial charge is 0.254 e. The Morgan fingerprint density at radius 1 is 1.33 bits per heavy atom. The largest absolute Gasteiger partial charge is 0.354 e. The van der Waals surface area contributed by atoms with Crippen LogP contribution in [0.15, 0.2) is 24.3 Å². The minimum Gasteiger partial charge on any atom is -0.354 e. The standard InChI is InChI=1S/C13H17N3O2/c14-8-10-2-4-11(5-3-10)13(18)16-7-1-6-15-12(17)9-16/h2-5H,1,6-9,14H2,(H,15,17). The van der Waals surface area contributed by atoms with Crippen molar-refractivity contribution in [1.29, 1.82) is 0 Å². The first kappa shape index (κ1) is 12.6. The van der Waals surface area contributed by atoms with E-state index in [1.54, 1.807) is 17.0 Å². The lowest BCUT2D eigenvalue weighted by atomic mass is 10.1. The molecule has 1 saturated heterocycles. The molecule has 1 aliphatic heterocycles. The lowest BCUT2D eigenvalue weighted by Gasteiger charge is -2.19. The molecular weight excluding hydrogens is 230 g/mol. The summed E-state index contributed by atoms with van der Waals surface area (Å²) in [5.74, 6) is -0.199. The maximum absolute atomic E-state index is 12.2. The highest BCUT2D eigenvalue weighted by molar-refractivity contribution is 5.96. The van der Waals surface area contributed by atoms with Crippen molar-refractivity contribution in [1.82, 2.24) is 10.2 Å². The Morgan fingerprint density at radius 3 is 2.72 bits per heavy atom. The van der Waals surface area contributed by atoms with Gasteiger partial charge in [-0.1, -0.05) is 12.1 Å². The first-order valence-electron chi connectivity index (χ1n) is 6.05. The van der Waals surface area contributed by atoms with Crippen LogP contribution in [0.4, 0.5) is 0 Å². The highest BCUT2D eigenvalue weighted by Gasteiger charge is 2.20. The number of amides is 2. The van der Waals surface area contributed by atoms with Gasteiger partial charge >= 0.3 is 0 Å². The van der Waals surface area contributed by atoms with E-state index >= 15 is 0 Å². The summed E-state index contributed by atoms with van der Waals surface area (Å²) in [6.45, 7) is 1.84. The van der Waals surface area contributed by atoms with Crippen molar-refractivity contribution < 1.29 is 9.59 Å². The minimum absolute atomic E-state index is 0.0978. The number of carbonyl (C=O) groups excluding carboxylic acids is 2. The fraction of sp³-hybridized carbons (Fsp3) is 0.385. The average Bonchev–Trinajstić information content (AvgIpc) is 2.63. The van der Waals surface area contributed by atoms with Crippen LogP contribution in [0.2, 0.25) is 0 Å². The van der Waals surface area contributed by atoms with Crippen LogP contribution in [0.5, 0.6) is 0 Å². The van der Waals surface area contributed by atoms with Crippen molar-refractivity contribution >= 4 is 11.8 Å². The molecule has 1 heterocycles. The third-order valence-corrected chi connectivity index (χ3v) is 2.99. The van der Waals surface area contributed by atoms with Gasteiger partial charge in [-0.15, -0.1) is 0 Å². The number of hydrogen-bond acceptors (Lipinski definition) is 3. The molecule has 0 radical (unpaired) electrons. The SMILES string of the molecule is NCc1ccc(C(=O)N2CCCNC(=O)C2)cc1. The van der Waals surface area contributed by atoms with Gasteiger partial charge in [-0.2, -0.15) is 0 Å². The Bertz CT molecular complexity index is 442.